The second kappa shape index (κ2) is 5.94. The monoisotopic (exact) mass is 301 g/mol. The van der Waals surface area contributed by atoms with Crippen molar-refractivity contribution >= 4 is 11.9 Å². The fraction of sp³-hybridized carbons (Fsp3) is 0.455. The molecule has 0 radical (unpaired) electrons. The van der Waals surface area contributed by atoms with Gasteiger partial charge in [-0.3, -0.25) is 4.57 Å². The molecule has 0 bridgehead atoms. The van der Waals surface area contributed by atoms with Crippen LogP contribution in [0.4, 0.5) is 25.1 Å². The summed E-state index contributed by atoms with van der Waals surface area (Å²) < 4.78 is 39.3. The summed E-state index contributed by atoms with van der Waals surface area (Å²) in [7, 11) is 0. The van der Waals surface area contributed by atoms with E-state index in [9.17, 15) is 13.2 Å². The summed E-state index contributed by atoms with van der Waals surface area (Å²) in [6.07, 6.45) is 0.645. The zero-order chi connectivity index (χ0) is 15.5. The first-order chi connectivity index (χ1) is 9.89. The van der Waals surface area contributed by atoms with Crippen LogP contribution in [0.1, 0.15) is 13.3 Å². The summed E-state index contributed by atoms with van der Waals surface area (Å²) in [6, 6.07) is 0. The number of anilines is 2. The predicted molar refractivity (Wildman–Crippen MR) is 69.9 cm³/mol. The van der Waals surface area contributed by atoms with Crippen LogP contribution in [-0.2, 0) is 0 Å². The van der Waals surface area contributed by atoms with E-state index in [-0.39, 0.29) is 24.4 Å². The Labute approximate surface area is 118 Å². The summed E-state index contributed by atoms with van der Waals surface area (Å²) in [5.41, 5.74) is 5.56. The molecule has 0 spiro atoms. The van der Waals surface area contributed by atoms with E-state index >= 15 is 0 Å². The van der Waals surface area contributed by atoms with Crippen molar-refractivity contribution in [2.45, 2.75) is 19.5 Å². The maximum Gasteiger partial charge on any atom is 0.406 e. The Kier molecular flexibility index (Phi) is 4.24. The lowest BCUT2D eigenvalue weighted by Gasteiger charge is -2.23. The summed E-state index contributed by atoms with van der Waals surface area (Å²) in [4.78, 5) is 16.6. The summed E-state index contributed by atoms with van der Waals surface area (Å²) >= 11 is 0. The molecular weight excluding hydrogens is 287 g/mol. The Morgan fingerprint density at radius 3 is 2.62 bits per heavy atom. The fourth-order valence-corrected chi connectivity index (χ4v) is 1.74. The van der Waals surface area contributed by atoms with Crippen molar-refractivity contribution in [2.24, 2.45) is 0 Å². The molecule has 0 aliphatic heterocycles. The lowest BCUT2D eigenvalue weighted by Crippen LogP contribution is -2.36. The molecule has 0 saturated carbocycles. The van der Waals surface area contributed by atoms with Crippen LogP contribution in [0, 0.1) is 0 Å². The molecule has 2 N–H and O–H groups in total. The number of nitrogens with two attached hydrogens (primary N) is 1. The first-order valence-electron chi connectivity index (χ1n) is 6.20. The third-order valence-electron chi connectivity index (χ3n) is 2.51. The number of halogens is 3. The zero-order valence-electron chi connectivity index (χ0n) is 11.2. The molecule has 114 valence electrons. The van der Waals surface area contributed by atoms with E-state index in [0.29, 0.717) is 6.42 Å². The molecule has 0 saturated heterocycles. The van der Waals surface area contributed by atoms with Crippen molar-refractivity contribution in [1.29, 1.82) is 0 Å². The SMILES string of the molecule is CCCN(CC(F)(F)F)c1nc(N)nc(-n2ccnc2)n1. The summed E-state index contributed by atoms with van der Waals surface area (Å²) in [5, 5.41) is 0. The molecule has 2 heterocycles. The molecule has 0 unspecified atom stereocenters. The molecule has 0 aromatic carbocycles. The highest BCUT2D eigenvalue weighted by Gasteiger charge is 2.32. The lowest BCUT2D eigenvalue weighted by molar-refractivity contribution is -0.119. The Balaban J connectivity index is 2.36. The highest BCUT2D eigenvalue weighted by atomic mass is 19.4. The standard InChI is InChI=1S/C11H14F3N7/c1-2-4-20(6-11(12,13)14)9-17-8(15)18-10(19-9)21-5-3-16-7-21/h3,5,7H,2,4,6H2,1H3,(H2,15,17,18,19). The molecule has 21 heavy (non-hydrogen) atoms. The third-order valence-corrected chi connectivity index (χ3v) is 2.51. The first kappa shape index (κ1) is 15.0. The zero-order valence-corrected chi connectivity index (χ0v) is 11.2. The first-order valence-corrected chi connectivity index (χ1v) is 6.20. The molecule has 2 aromatic rings. The maximum absolute atomic E-state index is 12.6. The van der Waals surface area contributed by atoms with Gasteiger partial charge in [0.05, 0.1) is 0 Å². The Hall–Kier alpha value is -2.39. The molecule has 2 rings (SSSR count). The molecule has 10 heteroatoms. The van der Waals surface area contributed by atoms with E-state index in [0.717, 1.165) is 4.90 Å². The van der Waals surface area contributed by atoms with Gasteiger partial charge in [0.1, 0.15) is 12.9 Å². The highest BCUT2D eigenvalue weighted by Crippen LogP contribution is 2.20. The van der Waals surface area contributed by atoms with Gasteiger partial charge < -0.3 is 10.6 Å². The van der Waals surface area contributed by atoms with Crippen LogP contribution in [0.3, 0.4) is 0 Å². The van der Waals surface area contributed by atoms with Crippen LogP contribution >= 0.6 is 0 Å². The van der Waals surface area contributed by atoms with Gasteiger partial charge in [-0.15, -0.1) is 0 Å². The molecular formula is C11H14F3N7. The van der Waals surface area contributed by atoms with Crippen LogP contribution in [0.5, 0.6) is 0 Å². The van der Waals surface area contributed by atoms with Crippen molar-refractivity contribution in [1.82, 2.24) is 24.5 Å². The lowest BCUT2D eigenvalue weighted by atomic mass is 10.4. The minimum Gasteiger partial charge on any atom is -0.368 e. The highest BCUT2D eigenvalue weighted by molar-refractivity contribution is 5.38. The van der Waals surface area contributed by atoms with E-state index in [1.54, 1.807) is 13.1 Å². The molecule has 0 fully saturated rings. The van der Waals surface area contributed by atoms with Crippen LogP contribution < -0.4 is 10.6 Å². The van der Waals surface area contributed by atoms with Gasteiger partial charge in [0.15, 0.2) is 0 Å². The van der Waals surface area contributed by atoms with Crippen molar-refractivity contribution < 1.29 is 13.2 Å². The van der Waals surface area contributed by atoms with Crippen molar-refractivity contribution in [2.75, 3.05) is 23.7 Å². The van der Waals surface area contributed by atoms with Gasteiger partial charge in [-0.25, -0.2) is 4.98 Å². The Morgan fingerprint density at radius 1 is 1.29 bits per heavy atom. The van der Waals surface area contributed by atoms with Crippen molar-refractivity contribution in [3.8, 4) is 5.95 Å². The minimum atomic E-state index is -4.36. The maximum atomic E-state index is 12.6. The number of imidazole rings is 1. The number of nitrogen functional groups attached to an aromatic ring is 1. The number of nitrogens with zero attached hydrogens (tertiary/aromatic N) is 6. The molecule has 0 aliphatic carbocycles. The fourth-order valence-electron chi connectivity index (χ4n) is 1.74. The Morgan fingerprint density at radius 2 is 2.05 bits per heavy atom. The van der Waals surface area contributed by atoms with E-state index in [2.05, 4.69) is 19.9 Å². The minimum absolute atomic E-state index is 0.106. The van der Waals surface area contributed by atoms with E-state index in [1.165, 1.54) is 17.1 Å². The van der Waals surface area contributed by atoms with Crippen LogP contribution in [0.2, 0.25) is 0 Å². The van der Waals surface area contributed by atoms with Crippen molar-refractivity contribution in [3.05, 3.63) is 18.7 Å². The predicted octanol–water partition coefficient (Wildman–Crippen LogP) is 1.42. The number of hydrogen-bond acceptors (Lipinski definition) is 6. The molecule has 7 nitrogen and oxygen atoms in total. The van der Waals surface area contributed by atoms with Gasteiger partial charge in [-0.05, 0) is 6.42 Å². The number of hydrogen-bond donors (Lipinski definition) is 1. The van der Waals surface area contributed by atoms with E-state index in [4.69, 9.17) is 5.73 Å². The quantitative estimate of drug-likeness (QED) is 0.899. The summed E-state index contributed by atoms with van der Waals surface area (Å²) in [6.45, 7) is 0.782. The molecule has 0 amide bonds. The Bertz CT molecular complexity index is 582. The van der Waals surface area contributed by atoms with Gasteiger partial charge in [-0.1, -0.05) is 6.92 Å². The average molecular weight is 301 g/mol. The topological polar surface area (TPSA) is 85.8 Å². The second-order valence-corrected chi connectivity index (χ2v) is 4.30. The molecule has 0 aliphatic rings. The summed E-state index contributed by atoms with van der Waals surface area (Å²) in [5.74, 6) is -0.129. The van der Waals surface area contributed by atoms with Gasteiger partial charge in [0.2, 0.25) is 17.8 Å². The number of aromatic nitrogens is 5. The van der Waals surface area contributed by atoms with Crippen LogP contribution in [0.25, 0.3) is 5.95 Å². The van der Waals surface area contributed by atoms with Crippen LogP contribution in [-0.4, -0.2) is 43.8 Å². The molecule has 2 aromatic heterocycles. The van der Waals surface area contributed by atoms with Gasteiger partial charge >= 0.3 is 6.18 Å². The number of alkyl halides is 3. The number of rotatable bonds is 5. The third kappa shape index (κ3) is 4.04. The van der Waals surface area contributed by atoms with E-state index < -0.39 is 12.7 Å². The van der Waals surface area contributed by atoms with Crippen LogP contribution in [0.15, 0.2) is 18.7 Å². The smallest absolute Gasteiger partial charge is 0.368 e. The van der Waals surface area contributed by atoms with Crippen molar-refractivity contribution in [3.63, 3.8) is 0 Å². The molecule has 0 atom stereocenters. The second-order valence-electron chi connectivity index (χ2n) is 4.30. The van der Waals surface area contributed by atoms with E-state index in [1.807, 2.05) is 0 Å². The normalized spacial score (nSPS) is 11.6. The van der Waals surface area contributed by atoms with Gasteiger partial charge in [-0.2, -0.15) is 28.1 Å². The van der Waals surface area contributed by atoms with Gasteiger partial charge in [0, 0.05) is 18.9 Å². The largest absolute Gasteiger partial charge is 0.406 e. The van der Waals surface area contributed by atoms with Gasteiger partial charge in [0.25, 0.3) is 0 Å². The average Bonchev–Trinajstić information content (AvgIpc) is 2.90.